The molecule has 1 aromatic carbocycles. The molecule has 2 rings (SSSR count). The van der Waals surface area contributed by atoms with E-state index in [9.17, 15) is 4.79 Å². The standard InChI is InChI=1S/C15H18N3O4.Ac/c1-7-5-11-12(18-14(22-4)13(17-11)21-3)9(8(7)2)6-10(16)15(19)20;/h5,10,16H,6H2,1-4H3,(H,19,20);/q-1;. The number of nitrogens with one attached hydrogen (secondary N) is 1. The first kappa shape index (κ1) is 20.1. The van der Waals surface area contributed by atoms with Crippen molar-refractivity contribution >= 4 is 17.0 Å². The molecule has 1 unspecified atom stereocenters. The SMILES string of the molecule is COc1nc2cc(C)c(C)c(CC([NH-])C(=O)O)c2nc1OC.[Ac]. The summed E-state index contributed by atoms with van der Waals surface area (Å²) >= 11 is 0. The molecule has 1 atom stereocenters. The molecule has 0 aliphatic carbocycles. The Kier molecular flexibility index (Phi) is 7.18. The summed E-state index contributed by atoms with van der Waals surface area (Å²) in [6, 6.07) is 0.613. The number of aliphatic carboxylic acids is 1. The van der Waals surface area contributed by atoms with Gasteiger partial charge in [0.25, 0.3) is 17.7 Å². The van der Waals surface area contributed by atoms with Crippen LogP contribution < -0.4 is 9.47 Å². The van der Waals surface area contributed by atoms with E-state index in [0.717, 1.165) is 11.1 Å². The Hall–Kier alpha value is -0.968. The molecule has 0 saturated heterocycles. The minimum absolute atomic E-state index is 0. The topological polar surface area (TPSA) is 105 Å². The van der Waals surface area contributed by atoms with Crippen molar-refractivity contribution in [3.8, 4) is 11.8 Å². The van der Waals surface area contributed by atoms with E-state index in [1.807, 2.05) is 19.9 Å². The fraction of sp³-hybridized carbons (Fsp3) is 0.400. The molecular weight excluding hydrogens is 513 g/mol. The van der Waals surface area contributed by atoms with Crippen LogP contribution in [0.4, 0.5) is 0 Å². The summed E-state index contributed by atoms with van der Waals surface area (Å²) in [4.78, 5) is 19.7. The normalized spacial score (nSPS) is 11.7. The predicted molar refractivity (Wildman–Crippen MR) is 81.6 cm³/mol. The van der Waals surface area contributed by atoms with Gasteiger partial charge in [-0.15, -0.1) is 0 Å². The van der Waals surface area contributed by atoms with Crippen LogP contribution in [-0.4, -0.2) is 41.3 Å². The van der Waals surface area contributed by atoms with E-state index in [4.69, 9.17) is 20.3 Å². The number of aryl methyl sites for hydroxylation is 1. The molecule has 0 aliphatic heterocycles. The van der Waals surface area contributed by atoms with Crippen LogP contribution in [0.25, 0.3) is 16.8 Å². The molecule has 0 aliphatic rings. The second kappa shape index (κ2) is 8.23. The van der Waals surface area contributed by atoms with Gasteiger partial charge in [-0.05, 0) is 49.1 Å². The first-order valence-electron chi connectivity index (χ1n) is 6.71. The molecule has 7 nitrogen and oxygen atoms in total. The summed E-state index contributed by atoms with van der Waals surface area (Å²) in [5, 5.41) is 8.99. The summed E-state index contributed by atoms with van der Waals surface area (Å²) in [6.07, 6.45) is 0.0590. The molecule has 0 saturated carbocycles. The van der Waals surface area contributed by atoms with Crippen LogP contribution in [0, 0.1) is 57.9 Å². The molecule has 0 spiro atoms. The minimum atomic E-state index is -1.25. The van der Waals surface area contributed by atoms with Gasteiger partial charge in [-0.3, -0.25) is 4.79 Å². The Labute approximate surface area is 170 Å². The summed E-state index contributed by atoms with van der Waals surface area (Å²) in [5.41, 5.74) is 11.4. The number of benzene rings is 1. The van der Waals surface area contributed by atoms with Crippen LogP contribution in [0.5, 0.6) is 11.8 Å². The number of nitrogens with zero attached hydrogens (tertiary/aromatic N) is 2. The molecule has 1 heterocycles. The maximum atomic E-state index is 11.0. The van der Waals surface area contributed by atoms with Gasteiger partial charge in [0.2, 0.25) is 0 Å². The number of carboxylic acid groups (broad SMARTS) is 1. The number of hydrogen-bond acceptors (Lipinski definition) is 5. The van der Waals surface area contributed by atoms with E-state index in [2.05, 4.69) is 9.97 Å². The fourth-order valence-electron chi connectivity index (χ4n) is 2.28. The van der Waals surface area contributed by atoms with E-state index in [1.165, 1.54) is 14.2 Å². The summed E-state index contributed by atoms with van der Waals surface area (Å²) in [6.45, 7) is 3.80. The average molecular weight is 531 g/mol. The Morgan fingerprint density at radius 1 is 1.26 bits per heavy atom. The Morgan fingerprint density at radius 3 is 2.35 bits per heavy atom. The minimum Gasteiger partial charge on any atom is -0.665 e. The molecule has 0 amide bonds. The van der Waals surface area contributed by atoms with Crippen molar-refractivity contribution in [1.82, 2.24) is 9.97 Å². The van der Waals surface area contributed by atoms with Crippen molar-refractivity contribution in [2.45, 2.75) is 26.3 Å². The molecule has 0 fully saturated rings. The van der Waals surface area contributed by atoms with Crippen LogP contribution in [0.2, 0.25) is 0 Å². The number of carboxylic acids is 1. The molecule has 8 heteroatoms. The van der Waals surface area contributed by atoms with Gasteiger partial charge >= 0.3 is 0 Å². The largest absolute Gasteiger partial charge is 0.665 e. The molecule has 1 aromatic heterocycles. The van der Waals surface area contributed by atoms with Crippen molar-refractivity contribution in [3.63, 3.8) is 0 Å². The number of carbonyl (C=O) groups is 1. The van der Waals surface area contributed by atoms with E-state index in [0.29, 0.717) is 16.6 Å². The molecule has 2 aromatic rings. The number of methoxy groups -OCH3 is 2. The van der Waals surface area contributed by atoms with E-state index < -0.39 is 12.0 Å². The zero-order chi connectivity index (χ0) is 16.4. The third-order valence-electron chi connectivity index (χ3n) is 3.64. The van der Waals surface area contributed by atoms with Gasteiger partial charge in [0.1, 0.15) is 0 Å². The van der Waals surface area contributed by atoms with Crippen molar-refractivity contribution < 1.29 is 63.4 Å². The number of rotatable bonds is 5. The first-order valence-corrected chi connectivity index (χ1v) is 6.71. The van der Waals surface area contributed by atoms with Gasteiger partial charge in [-0.1, -0.05) is 0 Å². The van der Waals surface area contributed by atoms with Crippen molar-refractivity contribution in [2.75, 3.05) is 14.2 Å². The van der Waals surface area contributed by atoms with Crippen LogP contribution in [-0.2, 0) is 11.2 Å². The zero-order valence-corrected chi connectivity index (χ0v) is 18.3. The number of ether oxygens (including phenoxy) is 2. The number of hydrogen-bond donors (Lipinski definition) is 1. The number of aromatic nitrogens is 2. The van der Waals surface area contributed by atoms with Crippen molar-refractivity contribution in [2.24, 2.45) is 0 Å². The van der Waals surface area contributed by atoms with Gasteiger partial charge in [0, 0.05) is 44.1 Å². The Bertz CT molecular complexity index is 736. The Morgan fingerprint density at radius 2 is 1.83 bits per heavy atom. The molecule has 1 radical (unpaired) electrons. The van der Waals surface area contributed by atoms with Crippen LogP contribution >= 0.6 is 0 Å². The van der Waals surface area contributed by atoms with Gasteiger partial charge < -0.3 is 20.3 Å². The molecule has 0 bridgehead atoms. The summed E-state index contributed by atoms with van der Waals surface area (Å²) in [7, 11) is 2.94. The molecule has 121 valence electrons. The first-order chi connectivity index (χ1) is 10.4. The Balaban J connectivity index is 0.00000264. The van der Waals surface area contributed by atoms with Gasteiger partial charge in [0.15, 0.2) is 0 Å². The van der Waals surface area contributed by atoms with Gasteiger partial charge in [0.05, 0.1) is 25.3 Å². The fourth-order valence-corrected chi connectivity index (χ4v) is 2.28. The van der Waals surface area contributed by atoms with E-state index in [-0.39, 0.29) is 62.2 Å². The second-order valence-electron chi connectivity index (χ2n) is 5.00. The van der Waals surface area contributed by atoms with Gasteiger partial charge in [-0.2, -0.15) is 0 Å². The number of fused-ring (bicyclic) bond motifs is 1. The van der Waals surface area contributed by atoms with E-state index in [1.54, 1.807) is 0 Å². The third-order valence-corrected chi connectivity index (χ3v) is 3.64. The van der Waals surface area contributed by atoms with Crippen LogP contribution in [0.3, 0.4) is 0 Å². The van der Waals surface area contributed by atoms with Gasteiger partial charge in [-0.25, -0.2) is 9.97 Å². The molecule has 2 N–H and O–H groups in total. The van der Waals surface area contributed by atoms with Crippen LogP contribution in [0.1, 0.15) is 16.7 Å². The third kappa shape index (κ3) is 4.11. The monoisotopic (exact) mass is 531 g/mol. The average Bonchev–Trinajstić information content (AvgIpc) is 2.50. The maximum Gasteiger partial charge on any atom is 0.285 e. The summed E-state index contributed by atoms with van der Waals surface area (Å²) in [5.74, 6) is -0.663. The molecular formula is C15H18AcN3O4-. The predicted octanol–water partition coefficient (Wildman–Crippen LogP) is 2.31. The van der Waals surface area contributed by atoms with E-state index >= 15 is 0 Å². The molecule has 23 heavy (non-hydrogen) atoms. The maximum absolute atomic E-state index is 11.0. The quantitative estimate of drug-likeness (QED) is 0.635. The smallest absolute Gasteiger partial charge is 0.285 e. The zero-order valence-electron chi connectivity index (χ0n) is 13.5. The second-order valence-corrected chi connectivity index (χ2v) is 5.00. The van der Waals surface area contributed by atoms with Crippen molar-refractivity contribution in [1.29, 1.82) is 0 Å². The summed E-state index contributed by atoms with van der Waals surface area (Å²) < 4.78 is 10.3. The van der Waals surface area contributed by atoms with Crippen molar-refractivity contribution in [3.05, 3.63) is 28.5 Å². The van der Waals surface area contributed by atoms with Crippen LogP contribution in [0.15, 0.2) is 6.07 Å².